The maximum Gasteiger partial charge on any atom is 0.530 e. The van der Waals surface area contributed by atoms with Crippen LogP contribution in [-0.2, 0) is 25.0 Å². The van der Waals surface area contributed by atoms with Gasteiger partial charge in [0.25, 0.3) is 12.0 Å². The summed E-state index contributed by atoms with van der Waals surface area (Å²) in [5, 5.41) is 9.66. The zero-order chi connectivity index (χ0) is 23.3. The van der Waals surface area contributed by atoms with Gasteiger partial charge in [0, 0.05) is 11.8 Å². The molecule has 0 bridgehead atoms. The molecule has 2 aliphatic heterocycles. The van der Waals surface area contributed by atoms with Crippen molar-refractivity contribution < 1.29 is 41.2 Å². The molecule has 174 valence electrons. The minimum absolute atomic E-state index is 0.129. The molecule has 0 amide bonds. The SMILES string of the molecule is O=c1[nH]c(=O)n(C2OC(COP3(=O)OCc4ccccc4O3)(C(F)F)C(F)C2O)cc1Cl. The first-order valence-electron chi connectivity index (χ1n) is 9.02. The van der Waals surface area contributed by atoms with Gasteiger partial charge in [-0.2, -0.15) is 0 Å². The molecule has 5 unspecified atom stereocenters. The second-order valence-electron chi connectivity index (χ2n) is 6.99. The lowest BCUT2D eigenvalue weighted by molar-refractivity contribution is -0.184. The van der Waals surface area contributed by atoms with E-state index in [1.807, 2.05) is 0 Å². The van der Waals surface area contributed by atoms with Crippen LogP contribution in [-0.4, -0.2) is 45.6 Å². The Balaban J connectivity index is 1.60. The first kappa shape index (κ1) is 23.0. The Hall–Kier alpha value is -2.15. The fourth-order valence-electron chi connectivity index (χ4n) is 3.26. The van der Waals surface area contributed by atoms with E-state index in [-0.39, 0.29) is 12.4 Å². The zero-order valence-corrected chi connectivity index (χ0v) is 17.5. The predicted molar refractivity (Wildman–Crippen MR) is 102 cm³/mol. The smallest absolute Gasteiger partial charge is 0.404 e. The molecule has 3 heterocycles. The molecule has 1 saturated heterocycles. The molecule has 0 spiro atoms. The van der Waals surface area contributed by atoms with Crippen molar-refractivity contribution in [1.29, 1.82) is 0 Å². The molecule has 0 aliphatic carbocycles. The molecule has 4 rings (SSSR count). The average Bonchev–Trinajstić information content (AvgIpc) is 3.01. The van der Waals surface area contributed by atoms with Gasteiger partial charge in [-0.05, 0) is 6.07 Å². The number of rotatable bonds is 5. The van der Waals surface area contributed by atoms with Crippen molar-refractivity contribution in [1.82, 2.24) is 9.55 Å². The molecule has 2 aliphatic rings. The first-order chi connectivity index (χ1) is 15.1. The highest BCUT2D eigenvalue weighted by Crippen LogP contribution is 2.56. The summed E-state index contributed by atoms with van der Waals surface area (Å²) in [5.74, 6) is 0.129. The number of hydrogen-bond donors (Lipinski definition) is 2. The van der Waals surface area contributed by atoms with E-state index in [2.05, 4.69) is 0 Å². The maximum atomic E-state index is 14.9. The minimum Gasteiger partial charge on any atom is -0.404 e. The van der Waals surface area contributed by atoms with Crippen molar-refractivity contribution in [2.24, 2.45) is 0 Å². The number of H-pyrrole nitrogens is 1. The molecule has 15 heteroatoms. The number of hydrogen-bond acceptors (Lipinski definition) is 8. The molecule has 32 heavy (non-hydrogen) atoms. The summed E-state index contributed by atoms with van der Waals surface area (Å²) in [6.07, 6.45) is -9.98. The third-order valence-corrected chi connectivity index (χ3v) is 6.56. The number of fused-ring (bicyclic) bond motifs is 1. The largest absolute Gasteiger partial charge is 0.530 e. The second-order valence-corrected chi connectivity index (χ2v) is 8.99. The fourth-order valence-corrected chi connectivity index (χ4v) is 4.67. The Bertz CT molecular complexity index is 1190. The van der Waals surface area contributed by atoms with E-state index in [4.69, 9.17) is 29.9 Å². The quantitative estimate of drug-likeness (QED) is 0.600. The number of aliphatic hydroxyl groups excluding tert-OH is 1. The summed E-state index contributed by atoms with van der Waals surface area (Å²) in [4.78, 5) is 25.2. The topological polar surface area (TPSA) is 129 Å². The molecule has 0 saturated carbocycles. The number of nitrogens with zero attached hydrogens (tertiary/aromatic N) is 1. The lowest BCUT2D eigenvalue weighted by atomic mass is 9.98. The average molecular weight is 499 g/mol. The van der Waals surface area contributed by atoms with Crippen LogP contribution in [0.15, 0.2) is 40.1 Å². The Labute approximate surface area is 182 Å². The monoisotopic (exact) mass is 498 g/mol. The predicted octanol–water partition coefficient (Wildman–Crippen LogP) is 2.16. The van der Waals surface area contributed by atoms with Gasteiger partial charge in [0.15, 0.2) is 18.0 Å². The molecule has 2 aromatic rings. The summed E-state index contributed by atoms with van der Waals surface area (Å²) in [7, 11) is -4.44. The summed E-state index contributed by atoms with van der Waals surface area (Å²) < 4.78 is 76.2. The van der Waals surface area contributed by atoms with Gasteiger partial charge in [-0.25, -0.2) is 22.5 Å². The van der Waals surface area contributed by atoms with Crippen molar-refractivity contribution in [3.63, 3.8) is 0 Å². The van der Waals surface area contributed by atoms with Crippen molar-refractivity contribution in [2.45, 2.75) is 37.1 Å². The Morgan fingerprint density at radius 1 is 1.38 bits per heavy atom. The van der Waals surface area contributed by atoms with Crippen LogP contribution in [0.1, 0.15) is 11.8 Å². The van der Waals surface area contributed by atoms with Gasteiger partial charge < -0.3 is 14.4 Å². The van der Waals surface area contributed by atoms with Crippen LogP contribution in [0, 0.1) is 0 Å². The summed E-state index contributed by atoms with van der Waals surface area (Å²) in [6.45, 7) is -1.57. The number of halogens is 4. The first-order valence-corrected chi connectivity index (χ1v) is 10.9. The Morgan fingerprint density at radius 3 is 2.81 bits per heavy atom. The Kier molecular flexibility index (Phi) is 5.99. The van der Waals surface area contributed by atoms with Gasteiger partial charge in [0.1, 0.15) is 16.9 Å². The number of phosphoric ester groups is 1. The lowest BCUT2D eigenvalue weighted by Gasteiger charge is -2.32. The number of benzene rings is 1. The summed E-state index contributed by atoms with van der Waals surface area (Å²) in [6, 6.07) is 6.31. The molecule has 1 aromatic heterocycles. The van der Waals surface area contributed by atoms with Crippen LogP contribution in [0.4, 0.5) is 13.2 Å². The number of ether oxygens (including phenoxy) is 1. The van der Waals surface area contributed by atoms with E-state index < -0.39 is 61.2 Å². The summed E-state index contributed by atoms with van der Waals surface area (Å²) >= 11 is 5.63. The number of phosphoric acid groups is 1. The van der Waals surface area contributed by atoms with Gasteiger partial charge in [-0.1, -0.05) is 29.8 Å². The van der Waals surface area contributed by atoms with Crippen molar-refractivity contribution in [3.8, 4) is 5.75 Å². The van der Waals surface area contributed by atoms with Gasteiger partial charge >= 0.3 is 13.5 Å². The van der Waals surface area contributed by atoms with Gasteiger partial charge in [0.2, 0.25) is 0 Å². The molecular formula is C17H15ClF3N2O8P. The van der Waals surface area contributed by atoms with E-state index in [0.717, 1.165) is 0 Å². The van der Waals surface area contributed by atoms with E-state index in [1.165, 1.54) is 6.07 Å². The highest BCUT2D eigenvalue weighted by atomic mass is 35.5. The maximum absolute atomic E-state index is 14.9. The molecule has 0 radical (unpaired) electrons. The second kappa shape index (κ2) is 8.32. The number of aromatic amines is 1. The minimum atomic E-state index is -4.44. The molecule has 5 atom stereocenters. The highest BCUT2D eigenvalue weighted by molar-refractivity contribution is 7.49. The highest BCUT2D eigenvalue weighted by Gasteiger charge is 2.63. The van der Waals surface area contributed by atoms with E-state index >= 15 is 0 Å². The van der Waals surface area contributed by atoms with Gasteiger partial charge in [-0.3, -0.25) is 23.4 Å². The number of alkyl halides is 3. The molecule has 10 nitrogen and oxygen atoms in total. The Morgan fingerprint density at radius 2 is 2.09 bits per heavy atom. The lowest BCUT2D eigenvalue weighted by Crippen LogP contribution is -2.50. The third-order valence-electron chi connectivity index (χ3n) is 4.98. The molecule has 1 fully saturated rings. The van der Waals surface area contributed by atoms with Crippen molar-refractivity contribution in [2.75, 3.05) is 6.61 Å². The van der Waals surface area contributed by atoms with E-state index in [1.54, 1.807) is 23.2 Å². The van der Waals surface area contributed by atoms with Crippen molar-refractivity contribution >= 4 is 19.4 Å². The van der Waals surface area contributed by atoms with Crippen molar-refractivity contribution in [3.05, 3.63) is 61.9 Å². The van der Waals surface area contributed by atoms with E-state index in [9.17, 15) is 32.4 Å². The van der Waals surface area contributed by atoms with Gasteiger partial charge in [0.05, 0.1) is 13.2 Å². The van der Waals surface area contributed by atoms with Crippen LogP contribution in [0.3, 0.4) is 0 Å². The van der Waals surface area contributed by atoms with Gasteiger partial charge in [-0.15, -0.1) is 0 Å². The van der Waals surface area contributed by atoms with Crippen LogP contribution in [0.2, 0.25) is 5.02 Å². The van der Waals surface area contributed by atoms with Crippen LogP contribution in [0.5, 0.6) is 5.75 Å². The summed E-state index contributed by atoms with van der Waals surface area (Å²) in [5.41, 5.74) is -4.79. The van der Waals surface area contributed by atoms with E-state index in [0.29, 0.717) is 16.3 Å². The number of aliphatic hydroxyl groups is 1. The van der Waals surface area contributed by atoms with Crippen LogP contribution < -0.4 is 15.8 Å². The number of para-hydroxylation sites is 1. The zero-order valence-electron chi connectivity index (χ0n) is 15.8. The van der Waals surface area contributed by atoms with Crippen LogP contribution in [0.25, 0.3) is 0 Å². The third kappa shape index (κ3) is 3.89. The molecule has 1 aromatic carbocycles. The number of nitrogens with one attached hydrogen (secondary N) is 1. The standard InChI is InChI=1S/C17H15ClF3N2O8P/c18-9-5-23(16(26)22-13(9)25)14-11(24)12(19)17(30-14,15(20)21)7-29-32(27)28-6-8-3-1-2-4-10(8)31-32/h1-5,11-12,14-15,24H,6-7H2,(H,22,25,26). The fraction of sp³-hybridized carbons (Fsp3) is 0.412. The number of aromatic nitrogens is 2. The normalized spacial score (nSPS) is 32.0. The molecule has 2 N–H and O–H groups in total. The molecular weight excluding hydrogens is 484 g/mol. The van der Waals surface area contributed by atoms with Crippen LogP contribution >= 0.6 is 19.4 Å².